The lowest BCUT2D eigenvalue weighted by molar-refractivity contribution is 0.0889. The zero-order chi connectivity index (χ0) is 16.5. The number of benzene rings is 1. The molecule has 1 aromatic heterocycles. The highest BCUT2D eigenvalue weighted by Crippen LogP contribution is 2.31. The van der Waals surface area contributed by atoms with Crippen LogP contribution in [0.3, 0.4) is 0 Å². The second-order valence-corrected chi connectivity index (χ2v) is 7.31. The van der Waals surface area contributed by atoms with Gasteiger partial charge in [0.25, 0.3) is 0 Å². The molecule has 1 saturated heterocycles. The molecular formula is C20H29Cl2N3O. The summed E-state index contributed by atoms with van der Waals surface area (Å²) < 4.78 is 1.99. The summed E-state index contributed by atoms with van der Waals surface area (Å²) in [5.41, 5.74) is 3.75. The monoisotopic (exact) mass is 397 g/mol. The van der Waals surface area contributed by atoms with Crippen LogP contribution < -0.4 is 5.32 Å². The minimum absolute atomic E-state index is 0. The minimum atomic E-state index is 0. The molecule has 1 fully saturated rings. The molecule has 144 valence electrons. The second-order valence-electron chi connectivity index (χ2n) is 7.31. The zero-order valence-electron chi connectivity index (χ0n) is 15.4. The van der Waals surface area contributed by atoms with Crippen molar-refractivity contribution in [3.63, 3.8) is 0 Å². The number of rotatable bonds is 4. The van der Waals surface area contributed by atoms with Crippen molar-refractivity contribution in [2.24, 2.45) is 0 Å². The normalized spacial score (nSPS) is 18.3. The maximum atomic E-state index is 12.4. The number of hydrogen-bond donors (Lipinski definition) is 1. The largest absolute Gasteiger partial charge is 0.314 e. The van der Waals surface area contributed by atoms with E-state index in [1.54, 1.807) is 0 Å². The van der Waals surface area contributed by atoms with Crippen LogP contribution in [0.1, 0.15) is 41.7 Å². The number of fused-ring (bicyclic) bond motifs is 3. The van der Waals surface area contributed by atoms with Gasteiger partial charge in [0.2, 0.25) is 5.91 Å². The summed E-state index contributed by atoms with van der Waals surface area (Å²) in [5.74, 6) is 0.266. The molecule has 2 aromatic rings. The van der Waals surface area contributed by atoms with Crippen molar-refractivity contribution in [3.8, 4) is 0 Å². The van der Waals surface area contributed by atoms with Gasteiger partial charge in [-0.2, -0.15) is 0 Å². The fourth-order valence-electron chi connectivity index (χ4n) is 4.32. The molecule has 0 unspecified atom stereocenters. The van der Waals surface area contributed by atoms with E-state index < -0.39 is 0 Å². The first-order valence-corrected chi connectivity index (χ1v) is 9.30. The topological polar surface area (TPSA) is 37.3 Å². The van der Waals surface area contributed by atoms with Gasteiger partial charge in [-0.3, -0.25) is 9.36 Å². The Hall–Kier alpha value is -1.07. The fraction of sp³-hybridized carbons (Fsp3) is 0.550. The van der Waals surface area contributed by atoms with Gasteiger partial charge in [0.15, 0.2) is 0 Å². The Morgan fingerprint density at radius 3 is 2.62 bits per heavy atom. The number of aromatic nitrogens is 1. The summed E-state index contributed by atoms with van der Waals surface area (Å²) in [6.07, 6.45) is 6.20. The molecule has 0 atom stereocenters. The summed E-state index contributed by atoms with van der Waals surface area (Å²) >= 11 is 0. The molecule has 1 N–H and O–H groups in total. The van der Waals surface area contributed by atoms with E-state index in [2.05, 4.69) is 35.5 Å². The Morgan fingerprint density at radius 2 is 1.85 bits per heavy atom. The Morgan fingerprint density at radius 1 is 1.12 bits per heavy atom. The number of piperidine rings is 1. The van der Waals surface area contributed by atoms with Crippen LogP contribution in [0.2, 0.25) is 0 Å². The van der Waals surface area contributed by atoms with E-state index in [4.69, 9.17) is 0 Å². The molecule has 26 heavy (non-hydrogen) atoms. The molecule has 2 aliphatic heterocycles. The average Bonchev–Trinajstić information content (AvgIpc) is 2.92. The molecular weight excluding hydrogens is 369 g/mol. The quantitative estimate of drug-likeness (QED) is 0.854. The molecule has 0 saturated carbocycles. The SMILES string of the molecule is CN1CCC(NCCc2c3n(c4ccccc24)C(=O)CCC3)CC1.Cl.Cl. The smallest absolute Gasteiger partial charge is 0.231 e. The minimum Gasteiger partial charge on any atom is -0.314 e. The number of halogens is 2. The molecule has 0 amide bonds. The van der Waals surface area contributed by atoms with Gasteiger partial charge in [0, 0.05) is 23.5 Å². The first kappa shape index (κ1) is 21.2. The van der Waals surface area contributed by atoms with Crippen LogP contribution in [0.25, 0.3) is 10.9 Å². The molecule has 0 bridgehead atoms. The number of hydrogen-bond acceptors (Lipinski definition) is 3. The van der Waals surface area contributed by atoms with Crippen LogP contribution in [-0.2, 0) is 12.8 Å². The van der Waals surface area contributed by atoms with Gasteiger partial charge >= 0.3 is 0 Å². The van der Waals surface area contributed by atoms with Gasteiger partial charge in [-0.15, -0.1) is 24.8 Å². The summed E-state index contributed by atoms with van der Waals surface area (Å²) in [6, 6.07) is 9.05. The van der Waals surface area contributed by atoms with Crippen molar-refractivity contribution in [2.75, 3.05) is 26.7 Å². The molecule has 0 spiro atoms. The fourth-order valence-corrected chi connectivity index (χ4v) is 4.32. The highest BCUT2D eigenvalue weighted by atomic mass is 35.5. The first-order valence-electron chi connectivity index (χ1n) is 9.30. The third-order valence-electron chi connectivity index (χ3n) is 5.67. The van der Waals surface area contributed by atoms with Crippen molar-refractivity contribution < 1.29 is 4.79 Å². The Kier molecular flexibility index (Phi) is 7.53. The maximum absolute atomic E-state index is 12.4. The van der Waals surface area contributed by atoms with E-state index in [9.17, 15) is 4.79 Å². The van der Waals surface area contributed by atoms with Gasteiger partial charge in [-0.1, -0.05) is 18.2 Å². The summed E-state index contributed by atoms with van der Waals surface area (Å²) in [6.45, 7) is 3.39. The number of carbonyl (C=O) groups excluding carboxylic acids is 1. The lowest BCUT2D eigenvalue weighted by atomic mass is 10.0. The maximum Gasteiger partial charge on any atom is 0.231 e. The van der Waals surface area contributed by atoms with Gasteiger partial charge in [0.05, 0.1) is 5.52 Å². The van der Waals surface area contributed by atoms with Crippen LogP contribution in [-0.4, -0.2) is 48.1 Å². The van der Waals surface area contributed by atoms with E-state index in [0.29, 0.717) is 12.5 Å². The van der Waals surface area contributed by atoms with E-state index in [0.717, 1.165) is 31.3 Å². The molecule has 6 heteroatoms. The van der Waals surface area contributed by atoms with Crippen LogP contribution in [0.15, 0.2) is 24.3 Å². The highest BCUT2D eigenvalue weighted by molar-refractivity contribution is 5.96. The zero-order valence-corrected chi connectivity index (χ0v) is 17.0. The van der Waals surface area contributed by atoms with Crippen LogP contribution in [0.4, 0.5) is 0 Å². The van der Waals surface area contributed by atoms with E-state index in [1.807, 2.05) is 10.6 Å². The van der Waals surface area contributed by atoms with E-state index in [1.165, 1.54) is 42.6 Å². The number of carbonyl (C=O) groups is 1. The van der Waals surface area contributed by atoms with Crippen molar-refractivity contribution in [3.05, 3.63) is 35.5 Å². The predicted octanol–water partition coefficient (Wildman–Crippen LogP) is 3.69. The number of para-hydroxylation sites is 1. The lowest BCUT2D eigenvalue weighted by Crippen LogP contribution is -2.41. The summed E-state index contributed by atoms with van der Waals surface area (Å²) in [5, 5.41) is 5.01. The predicted molar refractivity (Wildman–Crippen MR) is 112 cm³/mol. The number of likely N-dealkylation sites (tertiary alicyclic amines) is 1. The first-order chi connectivity index (χ1) is 11.7. The summed E-state index contributed by atoms with van der Waals surface area (Å²) in [4.78, 5) is 14.8. The molecule has 0 aliphatic carbocycles. The highest BCUT2D eigenvalue weighted by Gasteiger charge is 2.24. The Balaban J connectivity index is 0.00000121. The van der Waals surface area contributed by atoms with Gasteiger partial charge < -0.3 is 10.2 Å². The van der Waals surface area contributed by atoms with Crippen LogP contribution in [0, 0.1) is 0 Å². The van der Waals surface area contributed by atoms with Crippen LogP contribution in [0.5, 0.6) is 0 Å². The standard InChI is InChI=1S/C20H27N3O.2ClH/c1-22-13-10-15(11-14-22)21-12-9-17-16-5-2-3-6-18(16)23-19(17)7-4-8-20(23)24;;/h2-3,5-6,15,21H,4,7-14H2,1H3;2*1H. The lowest BCUT2D eigenvalue weighted by Gasteiger charge is -2.29. The third-order valence-corrected chi connectivity index (χ3v) is 5.67. The van der Waals surface area contributed by atoms with Crippen molar-refractivity contribution >= 4 is 41.6 Å². The van der Waals surface area contributed by atoms with Gasteiger partial charge in [-0.25, -0.2) is 0 Å². The van der Waals surface area contributed by atoms with Crippen LogP contribution >= 0.6 is 24.8 Å². The van der Waals surface area contributed by atoms with Crippen molar-refractivity contribution in [1.82, 2.24) is 14.8 Å². The number of nitrogens with one attached hydrogen (secondary N) is 1. The van der Waals surface area contributed by atoms with Crippen molar-refractivity contribution in [2.45, 2.75) is 44.6 Å². The molecule has 4 rings (SSSR count). The van der Waals surface area contributed by atoms with Gasteiger partial charge in [-0.05, 0) is 70.4 Å². The summed E-state index contributed by atoms with van der Waals surface area (Å²) in [7, 11) is 2.20. The Bertz CT molecular complexity index is 751. The number of nitrogens with zero attached hydrogens (tertiary/aromatic N) is 2. The molecule has 2 aliphatic rings. The van der Waals surface area contributed by atoms with Gasteiger partial charge in [0.1, 0.15) is 0 Å². The molecule has 1 aromatic carbocycles. The second kappa shape index (κ2) is 9.23. The molecule has 3 heterocycles. The molecule has 4 nitrogen and oxygen atoms in total. The Labute approximate surface area is 168 Å². The van der Waals surface area contributed by atoms with Crippen molar-refractivity contribution in [1.29, 1.82) is 0 Å². The van der Waals surface area contributed by atoms with E-state index in [-0.39, 0.29) is 30.7 Å². The average molecular weight is 398 g/mol. The third kappa shape index (κ3) is 4.09. The van der Waals surface area contributed by atoms with E-state index >= 15 is 0 Å². The molecule has 0 radical (unpaired) electrons.